The van der Waals surface area contributed by atoms with E-state index in [2.05, 4.69) is 15.3 Å². The van der Waals surface area contributed by atoms with E-state index in [1.165, 1.54) is 0 Å². The Labute approximate surface area is 104 Å². The number of nitrogens with zero attached hydrogens (tertiary/aromatic N) is 2. The molecule has 0 bridgehead atoms. The van der Waals surface area contributed by atoms with Crippen LogP contribution in [0.3, 0.4) is 0 Å². The molecular formula is C9H14ClN5O2. The minimum Gasteiger partial charge on any atom is -0.444 e. The summed E-state index contributed by atoms with van der Waals surface area (Å²) in [6.07, 6.45) is -0.695. The minimum atomic E-state index is -0.695. The number of hydrogen-bond donors (Lipinski definition) is 3. The molecular weight excluding hydrogens is 246 g/mol. The lowest BCUT2D eigenvalue weighted by Crippen LogP contribution is -2.27. The quantitative estimate of drug-likeness (QED) is 0.660. The number of carbonyl (C=O) groups is 1. The van der Waals surface area contributed by atoms with Gasteiger partial charge < -0.3 is 16.2 Å². The molecule has 1 aromatic rings. The molecule has 0 saturated heterocycles. The molecule has 0 aliphatic heterocycles. The van der Waals surface area contributed by atoms with Crippen molar-refractivity contribution in [1.82, 2.24) is 9.97 Å². The maximum Gasteiger partial charge on any atom is 0.412 e. The highest BCUT2D eigenvalue weighted by Gasteiger charge is 2.19. The van der Waals surface area contributed by atoms with Crippen molar-refractivity contribution in [3.05, 3.63) is 5.15 Å². The van der Waals surface area contributed by atoms with Gasteiger partial charge in [-0.15, -0.1) is 0 Å². The molecule has 5 N–H and O–H groups in total. The second-order valence-corrected chi connectivity index (χ2v) is 4.62. The smallest absolute Gasteiger partial charge is 0.412 e. The van der Waals surface area contributed by atoms with Crippen LogP contribution in [-0.2, 0) is 4.74 Å². The number of nitrogens with two attached hydrogens (primary N) is 2. The SMILES string of the molecule is CC(C)(C)OC(=O)Nc1c(N)nc(N)nc1Cl. The van der Waals surface area contributed by atoms with Gasteiger partial charge in [0.25, 0.3) is 0 Å². The van der Waals surface area contributed by atoms with Crippen molar-refractivity contribution >= 4 is 35.1 Å². The van der Waals surface area contributed by atoms with Crippen molar-refractivity contribution in [2.45, 2.75) is 26.4 Å². The Bertz CT molecular complexity index is 420. The number of halogens is 1. The van der Waals surface area contributed by atoms with Crippen molar-refractivity contribution < 1.29 is 9.53 Å². The first-order valence-electron chi connectivity index (χ1n) is 4.77. The van der Waals surface area contributed by atoms with Crippen LogP contribution in [0, 0.1) is 0 Å². The Kier molecular flexibility index (Phi) is 3.62. The highest BCUT2D eigenvalue weighted by Crippen LogP contribution is 2.26. The average Bonchev–Trinajstić information content (AvgIpc) is 2.08. The maximum atomic E-state index is 11.5. The van der Waals surface area contributed by atoms with Crippen LogP contribution in [0.4, 0.5) is 22.2 Å². The summed E-state index contributed by atoms with van der Waals surface area (Å²) in [4.78, 5) is 18.8. The number of carbonyl (C=O) groups excluding carboxylic acids is 1. The van der Waals surface area contributed by atoms with Gasteiger partial charge in [-0.1, -0.05) is 11.6 Å². The first-order chi connectivity index (χ1) is 7.69. The fourth-order valence-electron chi connectivity index (χ4n) is 0.988. The lowest BCUT2D eigenvalue weighted by molar-refractivity contribution is 0.0636. The molecule has 94 valence electrons. The largest absolute Gasteiger partial charge is 0.444 e. The van der Waals surface area contributed by atoms with Crippen LogP contribution in [0.1, 0.15) is 20.8 Å². The predicted octanol–water partition coefficient (Wildman–Crippen LogP) is 1.64. The summed E-state index contributed by atoms with van der Waals surface area (Å²) in [6.45, 7) is 5.20. The summed E-state index contributed by atoms with van der Waals surface area (Å²) in [7, 11) is 0. The third kappa shape index (κ3) is 3.95. The number of hydrogen-bond acceptors (Lipinski definition) is 6. The molecule has 0 atom stereocenters. The molecule has 0 saturated carbocycles. The Balaban J connectivity index is 2.86. The topological polar surface area (TPSA) is 116 Å². The van der Waals surface area contributed by atoms with Crippen LogP contribution in [0.2, 0.25) is 5.15 Å². The molecule has 0 unspecified atom stereocenters. The second kappa shape index (κ2) is 4.62. The summed E-state index contributed by atoms with van der Waals surface area (Å²) in [5.41, 5.74) is 10.3. The van der Waals surface area contributed by atoms with E-state index >= 15 is 0 Å². The van der Waals surface area contributed by atoms with E-state index in [-0.39, 0.29) is 22.6 Å². The lowest BCUT2D eigenvalue weighted by atomic mass is 10.2. The van der Waals surface area contributed by atoms with Crippen molar-refractivity contribution in [1.29, 1.82) is 0 Å². The third-order valence-corrected chi connectivity index (χ3v) is 1.81. The van der Waals surface area contributed by atoms with Crippen molar-refractivity contribution in [3.63, 3.8) is 0 Å². The van der Waals surface area contributed by atoms with Crippen molar-refractivity contribution in [2.75, 3.05) is 16.8 Å². The van der Waals surface area contributed by atoms with Crippen LogP contribution >= 0.6 is 11.6 Å². The van der Waals surface area contributed by atoms with E-state index in [9.17, 15) is 4.79 Å². The lowest BCUT2D eigenvalue weighted by Gasteiger charge is -2.20. The molecule has 7 nitrogen and oxygen atoms in total. The molecule has 1 rings (SSSR count). The number of amides is 1. The maximum absolute atomic E-state index is 11.5. The monoisotopic (exact) mass is 259 g/mol. The molecule has 8 heteroatoms. The molecule has 17 heavy (non-hydrogen) atoms. The fourth-order valence-corrected chi connectivity index (χ4v) is 1.22. The molecule has 0 spiro atoms. The van der Waals surface area contributed by atoms with Gasteiger partial charge in [0.15, 0.2) is 11.0 Å². The van der Waals surface area contributed by atoms with Crippen LogP contribution in [0.5, 0.6) is 0 Å². The first kappa shape index (κ1) is 13.3. The van der Waals surface area contributed by atoms with E-state index in [1.54, 1.807) is 20.8 Å². The number of ether oxygens (including phenoxy) is 1. The van der Waals surface area contributed by atoms with Gasteiger partial charge in [-0.2, -0.15) is 9.97 Å². The number of aromatic nitrogens is 2. The fraction of sp³-hybridized carbons (Fsp3) is 0.444. The highest BCUT2D eigenvalue weighted by molar-refractivity contribution is 6.33. The number of nitrogen functional groups attached to an aromatic ring is 2. The molecule has 1 amide bonds. The predicted molar refractivity (Wildman–Crippen MR) is 65.7 cm³/mol. The van der Waals surface area contributed by atoms with E-state index in [0.717, 1.165) is 0 Å². The number of rotatable bonds is 1. The van der Waals surface area contributed by atoms with E-state index in [4.69, 9.17) is 27.8 Å². The van der Waals surface area contributed by atoms with Gasteiger partial charge in [-0.05, 0) is 20.8 Å². The molecule has 1 heterocycles. The van der Waals surface area contributed by atoms with Crippen LogP contribution in [-0.4, -0.2) is 21.7 Å². The van der Waals surface area contributed by atoms with Crippen LogP contribution in [0.25, 0.3) is 0 Å². The zero-order valence-electron chi connectivity index (χ0n) is 9.74. The van der Waals surface area contributed by atoms with E-state index in [0.29, 0.717) is 0 Å². The number of nitrogens with one attached hydrogen (secondary N) is 1. The Morgan fingerprint density at radius 1 is 1.35 bits per heavy atom. The number of anilines is 3. The van der Waals surface area contributed by atoms with Crippen molar-refractivity contribution in [2.24, 2.45) is 0 Å². The summed E-state index contributed by atoms with van der Waals surface area (Å²) in [6, 6.07) is 0. The van der Waals surface area contributed by atoms with Crippen LogP contribution in [0.15, 0.2) is 0 Å². The van der Waals surface area contributed by atoms with Gasteiger partial charge in [0.05, 0.1) is 0 Å². The van der Waals surface area contributed by atoms with Gasteiger partial charge in [-0.25, -0.2) is 4.79 Å². The second-order valence-electron chi connectivity index (χ2n) is 4.26. The molecule has 0 fully saturated rings. The average molecular weight is 260 g/mol. The zero-order chi connectivity index (χ0) is 13.2. The van der Waals surface area contributed by atoms with Gasteiger partial charge in [0, 0.05) is 0 Å². The first-order valence-corrected chi connectivity index (χ1v) is 5.15. The van der Waals surface area contributed by atoms with Gasteiger partial charge in [0.2, 0.25) is 5.95 Å². The van der Waals surface area contributed by atoms with E-state index < -0.39 is 11.7 Å². The van der Waals surface area contributed by atoms with Crippen molar-refractivity contribution in [3.8, 4) is 0 Å². The van der Waals surface area contributed by atoms with Gasteiger partial charge >= 0.3 is 6.09 Å². The molecule has 0 aromatic carbocycles. The normalized spacial score (nSPS) is 11.1. The summed E-state index contributed by atoms with van der Waals surface area (Å²) >= 11 is 5.77. The van der Waals surface area contributed by atoms with Crippen LogP contribution < -0.4 is 16.8 Å². The Morgan fingerprint density at radius 3 is 2.41 bits per heavy atom. The molecule has 0 radical (unpaired) electrons. The zero-order valence-corrected chi connectivity index (χ0v) is 10.5. The molecule has 0 aliphatic carbocycles. The summed E-state index contributed by atoms with van der Waals surface area (Å²) in [5, 5.41) is 2.32. The molecule has 1 aromatic heterocycles. The highest BCUT2D eigenvalue weighted by atomic mass is 35.5. The Hall–Kier alpha value is -1.76. The molecule has 0 aliphatic rings. The van der Waals surface area contributed by atoms with Gasteiger partial charge in [0.1, 0.15) is 11.3 Å². The summed E-state index contributed by atoms with van der Waals surface area (Å²) < 4.78 is 5.03. The summed E-state index contributed by atoms with van der Waals surface area (Å²) in [5.74, 6) is -0.0874. The Morgan fingerprint density at radius 2 is 1.94 bits per heavy atom. The third-order valence-electron chi connectivity index (χ3n) is 1.54. The standard InChI is InChI=1S/C9H14ClN5O2/c1-9(2,3)17-8(16)13-4-5(10)14-7(12)15-6(4)11/h1-3H3,(H,13,16)(H4,11,12,14,15). The van der Waals surface area contributed by atoms with E-state index in [1.807, 2.05) is 0 Å². The minimum absolute atomic E-state index is 0.0200. The van der Waals surface area contributed by atoms with Gasteiger partial charge in [-0.3, -0.25) is 5.32 Å².